The second-order valence-electron chi connectivity index (χ2n) is 11.4. The standard InChI is InChI=1S/C25H37F2N3O3S/c1-24(2,3)7-8-30-22(33)19(15-20(31)32)34-23(30)17-13-16(26)14-18(27)21(17)28-9-11-29(12-10-28)25(4,5)6/h13-14,19,23H,7-12,15H2,1-6H3,(H,31,32). The van der Waals surface area contributed by atoms with Crippen molar-refractivity contribution in [1.82, 2.24) is 9.80 Å². The minimum Gasteiger partial charge on any atom is -0.481 e. The fraction of sp³-hybridized carbons (Fsp3) is 0.680. The molecule has 2 atom stereocenters. The lowest BCUT2D eigenvalue weighted by atomic mass is 9.92. The molecule has 2 aliphatic rings. The number of hydrogen-bond acceptors (Lipinski definition) is 5. The van der Waals surface area contributed by atoms with Crippen molar-refractivity contribution in [3.05, 3.63) is 29.3 Å². The third-order valence-corrected chi connectivity index (χ3v) is 7.93. The van der Waals surface area contributed by atoms with Crippen molar-refractivity contribution < 1.29 is 23.5 Å². The first-order valence-electron chi connectivity index (χ1n) is 11.8. The molecule has 1 aromatic carbocycles. The second kappa shape index (κ2) is 10.0. The van der Waals surface area contributed by atoms with Crippen LogP contribution >= 0.6 is 11.8 Å². The number of hydrogen-bond donors (Lipinski definition) is 1. The van der Waals surface area contributed by atoms with E-state index in [0.717, 1.165) is 19.2 Å². The number of thioether (sulfide) groups is 1. The fourth-order valence-electron chi connectivity index (χ4n) is 4.51. The Kier molecular flexibility index (Phi) is 7.87. The molecule has 2 aliphatic heterocycles. The van der Waals surface area contributed by atoms with E-state index in [1.807, 2.05) is 4.90 Å². The quantitative estimate of drug-likeness (QED) is 0.613. The lowest BCUT2D eigenvalue weighted by Crippen LogP contribution is -2.53. The van der Waals surface area contributed by atoms with Gasteiger partial charge in [0.05, 0.1) is 17.4 Å². The largest absolute Gasteiger partial charge is 0.481 e. The number of rotatable bonds is 6. The zero-order valence-electron chi connectivity index (χ0n) is 21.0. The van der Waals surface area contributed by atoms with Gasteiger partial charge in [-0.25, -0.2) is 8.78 Å². The highest BCUT2D eigenvalue weighted by atomic mass is 32.2. The number of anilines is 1. The Hall–Kier alpha value is -1.87. The maximum absolute atomic E-state index is 15.3. The molecule has 0 aromatic heterocycles. The highest BCUT2D eigenvalue weighted by molar-refractivity contribution is 8.01. The molecular weight excluding hydrogens is 460 g/mol. The number of aliphatic carboxylic acids is 1. The van der Waals surface area contributed by atoms with Crippen LogP contribution in [0.15, 0.2) is 12.1 Å². The van der Waals surface area contributed by atoms with Crippen LogP contribution < -0.4 is 4.90 Å². The van der Waals surface area contributed by atoms with E-state index in [1.165, 1.54) is 17.8 Å². The van der Waals surface area contributed by atoms with E-state index in [1.54, 1.807) is 4.90 Å². The summed E-state index contributed by atoms with van der Waals surface area (Å²) in [4.78, 5) is 30.5. The Bertz CT molecular complexity index is 921. The summed E-state index contributed by atoms with van der Waals surface area (Å²) in [7, 11) is 0. The van der Waals surface area contributed by atoms with Gasteiger partial charge in [0, 0.05) is 49.9 Å². The van der Waals surface area contributed by atoms with Gasteiger partial charge in [-0.1, -0.05) is 20.8 Å². The molecule has 0 spiro atoms. The first-order valence-corrected chi connectivity index (χ1v) is 12.8. The average Bonchev–Trinajstić information content (AvgIpc) is 2.99. The van der Waals surface area contributed by atoms with Crippen LogP contribution in [0.2, 0.25) is 0 Å². The van der Waals surface area contributed by atoms with Crippen molar-refractivity contribution >= 4 is 29.3 Å². The van der Waals surface area contributed by atoms with Crippen LogP contribution in [0, 0.1) is 17.0 Å². The number of halogens is 2. The van der Waals surface area contributed by atoms with Crippen molar-refractivity contribution in [2.75, 3.05) is 37.6 Å². The summed E-state index contributed by atoms with van der Waals surface area (Å²) < 4.78 is 29.8. The lowest BCUT2D eigenvalue weighted by Gasteiger charge is -2.43. The van der Waals surface area contributed by atoms with Gasteiger partial charge in [0.2, 0.25) is 5.91 Å². The predicted molar refractivity (Wildman–Crippen MR) is 132 cm³/mol. The van der Waals surface area contributed by atoms with E-state index >= 15 is 4.39 Å². The van der Waals surface area contributed by atoms with E-state index in [4.69, 9.17) is 0 Å². The molecular formula is C25H37F2N3O3S. The summed E-state index contributed by atoms with van der Waals surface area (Å²) in [5.74, 6) is -2.69. The molecule has 0 radical (unpaired) electrons. The molecule has 9 heteroatoms. The molecule has 3 rings (SSSR count). The van der Waals surface area contributed by atoms with E-state index in [9.17, 15) is 19.1 Å². The van der Waals surface area contributed by atoms with Crippen LogP contribution in [0.3, 0.4) is 0 Å². The smallest absolute Gasteiger partial charge is 0.305 e. The molecule has 34 heavy (non-hydrogen) atoms. The summed E-state index contributed by atoms with van der Waals surface area (Å²) in [6.07, 6.45) is 0.371. The monoisotopic (exact) mass is 497 g/mol. The van der Waals surface area contributed by atoms with Gasteiger partial charge in [0.15, 0.2) is 0 Å². The maximum Gasteiger partial charge on any atom is 0.305 e. The summed E-state index contributed by atoms with van der Waals surface area (Å²) in [6, 6.07) is 2.21. The average molecular weight is 498 g/mol. The molecule has 190 valence electrons. The van der Waals surface area contributed by atoms with Crippen molar-refractivity contribution in [1.29, 1.82) is 0 Å². The molecule has 1 aromatic rings. The number of carboxylic acids is 1. The number of amides is 1. The molecule has 2 fully saturated rings. The number of nitrogens with zero attached hydrogens (tertiary/aromatic N) is 3. The van der Waals surface area contributed by atoms with E-state index in [-0.39, 0.29) is 23.3 Å². The van der Waals surface area contributed by atoms with Crippen LogP contribution in [0.4, 0.5) is 14.5 Å². The molecule has 6 nitrogen and oxygen atoms in total. The van der Waals surface area contributed by atoms with Gasteiger partial charge in [-0.3, -0.25) is 14.5 Å². The first-order chi connectivity index (χ1) is 15.7. The van der Waals surface area contributed by atoms with Gasteiger partial charge >= 0.3 is 5.97 Å². The molecule has 2 saturated heterocycles. The Morgan fingerprint density at radius 3 is 2.24 bits per heavy atom. The Balaban J connectivity index is 1.97. The molecule has 0 aliphatic carbocycles. The molecule has 0 bridgehead atoms. The normalized spacial score (nSPS) is 22.5. The summed E-state index contributed by atoms with van der Waals surface area (Å²) >= 11 is 1.18. The lowest BCUT2D eigenvalue weighted by molar-refractivity contribution is -0.140. The van der Waals surface area contributed by atoms with Crippen LogP contribution in [0.1, 0.15) is 65.3 Å². The van der Waals surface area contributed by atoms with E-state index < -0.39 is 28.2 Å². The van der Waals surface area contributed by atoms with Crippen molar-refractivity contribution in [3.63, 3.8) is 0 Å². The first kappa shape index (κ1) is 26.7. The van der Waals surface area contributed by atoms with Crippen LogP contribution in [0.5, 0.6) is 0 Å². The minimum atomic E-state index is -1.06. The van der Waals surface area contributed by atoms with Gasteiger partial charge < -0.3 is 14.9 Å². The van der Waals surface area contributed by atoms with Crippen LogP contribution in [-0.4, -0.2) is 70.3 Å². The van der Waals surface area contributed by atoms with Gasteiger partial charge in [-0.15, -0.1) is 11.8 Å². The van der Waals surface area contributed by atoms with Crippen LogP contribution in [0.25, 0.3) is 0 Å². The SMILES string of the molecule is CC(C)(C)CCN1C(=O)C(CC(=O)O)SC1c1cc(F)cc(F)c1N1CCN(C(C)(C)C)CC1. The number of carboxylic acid groups (broad SMARTS) is 1. The second-order valence-corrected chi connectivity index (χ2v) is 12.7. The van der Waals surface area contributed by atoms with Gasteiger partial charge in [-0.2, -0.15) is 0 Å². The van der Waals surface area contributed by atoms with E-state index in [2.05, 4.69) is 46.4 Å². The Morgan fingerprint density at radius 2 is 1.71 bits per heavy atom. The number of carbonyl (C=O) groups is 2. The zero-order valence-corrected chi connectivity index (χ0v) is 21.8. The highest BCUT2D eigenvalue weighted by Crippen LogP contribution is 2.48. The fourth-order valence-corrected chi connectivity index (χ4v) is 6.00. The zero-order chi connectivity index (χ0) is 25.4. The van der Waals surface area contributed by atoms with Crippen molar-refractivity contribution in [3.8, 4) is 0 Å². The molecule has 1 N–H and O–H groups in total. The maximum atomic E-state index is 15.3. The number of carbonyl (C=O) groups excluding carboxylic acids is 1. The molecule has 1 amide bonds. The van der Waals surface area contributed by atoms with Gasteiger partial charge in [0.25, 0.3) is 0 Å². The van der Waals surface area contributed by atoms with Crippen molar-refractivity contribution in [2.45, 2.75) is 70.5 Å². The highest BCUT2D eigenvalue weighted by Gasteiger charge is 2.44. The molecule has 0 saturated carbocycles. The third kappa shape index (κ3) is 6.22. The number of piperazine rings is 1. The summed E-state index contributed by atoms with van der Waals surface area (Å²) in [5, 5.41) is 7.90. The predicted octanol–water partition coefficient (Wildman–Crippen LogP) is 4.74. The molecule has 2 unspecified atom stereocenters. The Labute approximate surface area is 205 Å². The Morgan fingerprint density at radius 1 is 1.09 bits per heavy atom. The van der Waals surface area contributed by atoms with Gasteiger partial charge in [0.1, 0.15) is 17.0 Å². The summed E-state index contributed by atoms with van der Waals surface area (Å²) in [6.45, 7) is 15.7. The van der Waals surface area contributed by atoms with Gasteiger partial charge in [-0.05, 0) is 38.7 Å². The number of benzene rings is 1. The van der Waals surface area contributed by atoms with Crippen molar-refractivity contribution in [2.24, 2.45) is 5.41 Å². The topological polar surface area (TPSA) is 64.1 Å². The summed E-state index contributed by atoms with van der Waals surface area (Å²) in [5.41, 5.74) is 0.663. The minimum absolute atomic E-state index is 0.00219. The van der Waals surface area contributed by atoms with E-state index in [0.29, 0.717) is 37.3 Å². The third-order valence-electron chi connectivity index (χ3n) is 6.47. The van der Waals surface area contributed by atoms with Crippen LogP contribution in [-0.2, 0) is 9.59 Å². The molecule has 2 heterocycles.